The van der Waals surface area contributed by atoms with E-state index in [0.29, 0.717) is 29.2 Å². The van der Waals surface area contributed by atoms with Gasteiger partial charge < -0.3 is 14.2 Å². The highest BCUT2D eigenvalue weighted by atomic mass is 35.5. The van der Waals surface area contributed by atoms with E-state index in [2.05, 4.69) is 6.92 Å². The minimum atomic E-state index is -1.14. The lowest BCUT2D eigenvalue weighted by Crippen LogP contribution is -2.56. The van der Waals surface area contributed by atoms with Crippen molar-refractivity contribution in [2.24, 2.45) is 5.92 Å². The number of ether oxygens (including phenoxy) is 3. The molecule has 3 fully saturated rings. The number of unbranched alkanes of at least 4 members (excludes halogenated alkanes) is 1. The van der Waals surface area contributed by atoms with Gasteiger partial charge in [0.15, 0.2) is 0 Å². The van der Waals surface area contributed by atoms with Crippen molar-refractivity contribution in [2.45, 2.75) is 38.3 Å². The van der Waals surface area contributed by atoms with Crippen LogP contribution < -0.4 is 0 Å². The second-order valence-corrected chi connectivity index (χ2v) is 6.27. The van der Waals surface area contributed by atoms with Gasteiger partial charge in [0, 0.05) is 21.5 Å². The Morgan fingerprint density at radius 3 is 2.40 bits per heavy atom. The molecule has 2 bridgehead atoms. The minimum Gasteiger partial charge on any atom is -0.323 e. The van der Waals surface area contributed by atoms with Crippen LogP contribution in [0.25, 0.3) is 0 Å². The van der Waals surface area contributed by atoms with Gasteiger partial charge in [-0.2, -0.15) is 0 Å². The predicted molar refractivity (Wildman–Crippen MR) is 77.9 cm³/mol. The van der Waals surface area contributed by atoms with E-state index in [1.165, 1.54) is 0 Å². The van der Waals surface area contributed by atoms with Gasteiger partial charge in [0.2, 0.25) is 0 Å². The van der Waals surface area contributed by atoms with Gasteiger partial charge in [-0.15, -0.1) is 0 Å². The van der Waals surface area contributed by atoms with Crippen molar-refractivity contribution in [3.05, 3.63) is 33.8 Å². The summed E-state index contributed by atoms with van der Waals surface area (Å²) in [6, 6.07) is 5.26. The first kappa shape index (κ1) is 14.6. The zero-order valence-electron chi connectivity index (χ0n) is 11.4. The van der Waals surface area contributed by atoms with E-state index in [1.807, 2.05) is 0 Å². The van der Waals surface area contributed by atoms with Gasteiger partial charge in [-0.05, 0) is 24.6 Å². The number of fused-ring (bicyclic) bond motifs is 3. The van der Waals surface area contributed by atoms with Crippen molar-refractivity contribution in [3.63, 3.8) is 0 Å². The van der Waals surface area contributed by atoms with Crippen molar-refractivity contribution in [1.82, 2.24) is 0 Å². The summed E-state index contributed by atoms with van der Waals surface area (Å²) in [5, 5.41) is 1.10. The molecule has 1 atom stereocenters. The number of hydrogen-bond acceptors (Lipinski definition) is 3. The Labute approximate surface area is 129 Å². The van der Waals surface area contributed by atoms with Crippen LogP contribution in [0, 0.1) is 5.92 Å². The van der Waals surface area contributed by atoms with Gasteiger partial charge in [0.1, 0.15) is 0 Å². The third-order valence-corrected chi connectivity index (χ3v) is 4.30. The summed E-state index contributed by atoms with van der Waals surface area (Å²) in [6.45, 7) is 3.48. The molecule has 0 radical (unpaired) electrons. The molecule has 0 aliphatic carbocycles. The fourth-order valence-electron chi connectivity index (χ4n) is 2.77. The molecule has 0 saturated carbocycles. The van der Waals surface area contributed by atoms with Crippen LogP contribution in [0.15, 0.2) is 18.2 Å². The largest absolute Gasteiger partial charge is 0.323 e. The molecule has 0 aromatic heterocycles. The minimum absolute atomic E-state index is 0.176. The molecule has 5 heteroatoms. The lowest BCUT2D eigenvalue weighted by atomic mass is 9.95. The molecule has 20 heavy (non-hydrogen) atoms. The average molecular weight is 317 g/mol. The second kappa shape index (κ2) is 5.82. The summed E-state index contributed by atoms with van der Waals surface area (Å²) in [5.41, 5.74) is 0.731. The zero-order chi connectivity index (χ0) is 14.2. The van der Waals surface area contributed by atoms with Crippen LogP contribution in [0.3, 0.4) is 0 Å². The van der Waals surface area contributed by atoms with Crippen LogP contribution >= 0.6 is 23.2 Å². The molecular weight excluding hydrogens is 299 g/mol. The smallest absolute Gasteiger partial charge is 0.312 e. The van der Waals surface area contributed by atoms with Gasteiger partial charge in [-0.3, -0.25) is 0 Å². The van der Waals surface area contributed by atoms with Gasteiger partial charge in [0.05, 0.1) is 19.3 Å². The highest BCUT2D eigenvalue weighted by Crippen LogP contribution is 2.44. The maximum absolute atomic E-state index is 6.11. The summed E-state index contributed by atoms with van der Waals surface area (Å²) in [6.07, 6.45) is 3.51. The molecule has 4 rings (SSSR count). The van der Waals surface area contributed by atoms with Crippen LogP contribution in [0.1, 0.15) is 31.7 Å². The van der Waals surface area contributed by atoms with Crippen LogP contribution in [0.4, 0.5) is 0 Å². The van der Waals surface area contributed by atoms with Crippen LogP contribution in [0.5, 0.6) is 0 Å². The molecular formula is C15H18Cl2O3. The van der Waals surface area contributed by atoms with E-state index in [1.54, 1.807) is 18.2 Å². The third-order valence-electron chi connectivity index (χ3n) is 3.87. The number of rotatable bonds is 4. The molecule has 3 saturated heterocycles. The standard InChI is InChI=1S/C15H18Cl2O3/c1-2-3-4-14-10-8-18-15(20-14,19-9-10)11-5-12(16)7-13(17)6-11/h5-7,10,14H,2-4,8-9H2,1H3. The highest BCUT2D eigenvalue weighted by Gasteiger charge is 2.51. The monoisotopic (exact) mass is 316 g/mol. The first-order chi connectivity index (χ1) is 9.63. The molecule has 1 aromatic carbocycles. The Balaban J connectivity index is 1.86. The Bertz CT molecular complexity index is 464. The molecule has 0 N–H and O–H groups in total. The van der Waals surface area contributed by atoms with E-state index in [0.717, 1.165) is 24.8 Å². The second-order valence-electron chi connectivity index (χ2n) is 5.39. The zero-order valence-corrected chi connectivity index (χ0v) is 12.9. The first-order valence-electron chi connectivity index (χ1n) is 7.05. The predicted octanol–water partition coefficient (Wildman–Crippen LogP) is 4.36. The van der Waals surface area contributed by atoms with E-state index < -0.39 is 5.97 Å². The summed E-state index contributed by atoms with van der Waals surface area (Å²) in [5.74, 6) is -0.820. The van der Waals surface area contributed by atoms with Crippen molar-refractivity contribution in [3.8, 4) is 0 Å². The lowest BCUT2D eigenvalue weighted by molar-refractivity contribution is -0.479. The van der Waals surface area contributed by atoms with Crippen molar-refractivity contribution >= 4 is 23.2 Å². The summed E-state index contributed by atoms with van der Waals surface area (Å²) >= 11 is 12.1. The van der Waals surface area contributed by atoms with Gasteiger partial charge in [-0.1, -0.05) is 43.0 Å². The molecule has 1 aromatic rings. The Kier molecular flexibility index (Phi) is 4.25. The normalized spacial score (nSPS) is 32.5. The topological polar surface area (TPSA) is 27.7 Å². The number of halogens is 2. The fraction of sp³-hybridized carbons (Fsp3) is 0.600. The maximum Gasteiger partial charge on any atom is 0.312 e. The summed E-state index contributed by atoms with van der Waals surface area (Å²) in [7, 11) is 0. The molecule has 3 heterocycles. The molecule has 3 aliphatic heterocycles. The van der Waals surface area contributed by atoms with Crippen LogP contribution in [-0.4, -0.2) is 19.3 Å². The van der Waals surface area contributed by atoms with Crippen molar-refractivity contribution in [2.75, 3.05) is 13.2 Å². The Hall–Kier alpha value is -0.320. The van der Waals surface area contributed by atoms with Crippen molar-refractivity contribution in [1.29, 1.82) is 0 Å². The highest BCUT2D eigenvalue weighted by molar-refractivity contribution is 6.34. The summed E-state index contributed by atoms with van der Waals surface area (Å²) < 4.78 is 17.7. The SMILES string of the molecule is CCCCC1OC2(c3cc(Cl)cc(Cl)c3)OCC1CO2. The Morgan fingerprint density at radius 1 is 1.15 bits per heavy atom. The lowest BCUT2D eigenvalue weighted by Gasteiger charge is -2.49. The number of benzene rings is 1. The van der Waals surface area contributed by atoms with Crippen LogP contribution in [0.2, 0.25) is 10.0 Å². The Morgan fingerprint density at radius 2 is 1.80 bits per heavy atom. The van der Waals surface area contributed by atoms with Crippen LogP contribution in [-0.2, 0) is 20.2 Å². The third kappa shape index (κ3) is 2.70. The number of hydrogen-bond donors (Lipinski definition) is 0. The molecule has 0 spiro atoms. The molecule has 3 aliphatic rings. The van der Waals surface area contributed by atoms with E-state index in [9.17, 15) is 0 Å². The van der Waals surface area contributed by atoms with E-state index in [4.69, 9.17) is 37.4 Å². The maximum atomic E-state index is 6.11. The summed E-state index contributed by atoms with van der Waals surface area (Å²) in [4.78, 5) is 0. The van der Waals surface area contributed by atoms with E-state index >= 15 is 0 Å². The molecule has 110 valence electrons. The fourth-order valence-corrected chi connectivity index (χ4v) is 3.29. The van der Waals surface area contributed by atoms with E-state index in [-0.39, 0.29) is 6.10 Å². The molecule has 1 unspecified atom stereocenters. The average Bonchev–Trinajstić information content (AvgIpc) is 2.45. The molecule has 3 nitrogen and oxygen atoms in total. The van der Waals surface area contributed by atoms with Gasteiger partial charge >= 0.3 is 5.97 Å². The quantitative estimate of drug-likeness (QED) is 0.826. The first-order valence-corrected chi connectivity index (χ1v) is 7.81. The van der Waals surface area contributed by atoms with Gasteiger partial charge in [0.25, 0.3) is 0 Å². The van der Waals surface area contributed by atoms with Gasteiger partial charge in [-0.25, -0.2) is 0 Å². The van der Waals surface area contributed by atoms with Crippen molar-refractivity contribution < 1.29 is 14.2 Å². The molecule has 0 amide bonds.